The third-order valence-electron chi connectivity index (χ3n) is 5.70. The van der Waals surface area contributed by atoms with Crippen LogP contribution in [-0.2, 0) is 9.84 Å². The van der Waals surface area contributed by atoms with Crippen LogP contribution in [-0.4, -0.2) is 47.1 Å². The van der Waals surface area contributed by atoms with Crippen LogP contribution >= 0.6 is 0 Å². The average molecular weight is 403 g/mol. The van der Waals surface area contributed by atoms with Crippen molar-refractivity contribution in [1.82, 2.24) is 14.7 Å². The quantitative estimate of drug-likeness (QED) is 0.850. The minimum absolute atomic E-state index is 0.0104. The molecular formula is C20H26N4O3S. The second kappa shape index (κ2) is 6.92. The molecule has 1 N–H and O–H groups in total. The third-order valence-corrected chi connectivity index (χ3v) is 7.45. The summed E-state index contributed by atoms with van der Waals surface area (Å²) < 4.78 is 25.7. The number of carbonyl (C=O) groups is 1. The second-order valence-corrected chi connectivity index (χ2v) is 9.91. The number of fused-ring (bicyclic) bond motifs is 1. The van der Waals surface area contributed by atoms with Crippen LogP contribution in [0.3, 0.4) is 0 Å². The summed E-state index contributed by atoms with van der Waals surface area (Å²) in [7, 11) is -3.00. The minimum atomic E-state index is -3.00. The van der Waals surface area contributed by atoms with E-state index in [1.54, 1.807) is 0 Å². The molecule has 28 heavy (non-hydrogen) atoms. The highest BCUT2D eigenvalue weighted by Crippen LogP contribution is 2.37. The number of nitrogens with zero attached hydrogens (tertiary/aromatic N) is 3. The Morgan fingerprint density at radius 1 is 1.25 bits per heavy atom. The van der Waals surface area contributed by atoms with E-state index in [1.165, 1.54) is 0 Å². The lowest BCUT2D eigenvalue weighted by atomic mass is 10.0. The SMILES string of the molecule is CCCN1C(=O)c2ccccc2N[C@@H]1c1c(C)nn([C@H]2CCS(=O)(=O)C2)c1C. The van der Waals surface area contributed by atoms with Gasteiger partial charge in [0.25, 0.3) is 5.91 Å². The number of sulfone groups is 1. The maximum Gasteiger partial charge on any atom is 0.257 e. The Kier molecular flexibility index (Phi) is 4.69. The number of anilines is 1. The van der Waals surface area contributed by atoms with Crippen LogP contribution in [0.1, 0.15) is 59.3 Å². The molecule has 1 saturated heterocycles. The maximum absolute atomic E-state index is 13.1. The van der Waals surface area contributed by atoms with Gasteiger partial charge < -0.3 is 10.2 Å². The number of hydrogen-bond donors (Lipinski definition) is 1. The van der Waals surface area contributed by atoms with Gasteiger partial charge in [0.2, 0.25) is 0 Å². The summed E-state index contributed by atoms with van der Waals surface area (Å²) in [5.74, 6) is 0.351. The van der Waals surface area contributed by atoms with Crippen LogP contribution in [0.15, 0.2) is 24.3 Å². The van der Waals surface area contributed by atoms with E-state index < -0.39 is 9.84 Å². The van der Waals surface area contributed by atoms with Crippen LogP contribution < -0.4 is 5.32 Å². The number of para-hydroxylation sites is 1. The van der Waals surface area contributed by atoms with Crippen molar-refractivity contribution < 1.29 is 13.2 Å². The molecule has 1 fully saturated rings. The molecule has 0 saturated carbocycles. The molecule has 1 aromatic carbocycles. The molecule has 2 aromatic rings. The molecule has 2 aliphatic heterocycles. The van der Waals surface area contributed by atoms with Crippen molar-refractivity contribution in [2.75, 3.05) is 23.4 Å². The first-order chi connectivity index (χ1) is 13.3. The Hall–Kier alpha value is -2.35. The van der Waals surface area contributed by atoms with Crippen molar-refractivity contribution in [2.24, 2.45) is 0 Å². The smallest absolute Gasteiger partial charge is 0.257 e. The zero-order valence-corrected chi connectivity index (χ0v) is 17.3. The topological polar surface area (TPSA) is 84.3 Å². The summed E-state index contributed by atoms with van der Waals surface area (Å²) in [6.45, 7) is 6.58. The molecule has 8 heteroatoms. The van der Waals surface area contributed by atoms with E-state index in [-0.39, 0.29) is 29.6 Å². The maximum atomic E-state index is 13.1. The van der Waals surface area contributed by atoms with E-state index in [2.05, 4.69) is 17.3 Å². The summed E-state index contributed by atoms with van der Waals surface area (Å²) in [5, 5.41) is 8.20. The Balaban J connectivity index is 1.76. The minimum Gasteiger partial charge on any atom is -0.361 e. The monoisotopic (exact) mass is 402 g/mol. The number of rotatable bonds is 4. The summed E-state index contributed by atoms with van der Waals surface area (Å²) in [6, 6.07) is 7.41. The average Bonchev–Trinajstić information content (AvgIpc) is 3.16. The highest BCUT2D eigenvalue weighted by atomic mass is 32.2. The molecule has 0 aliphatic carbocycles. The largest absolute Gasteiger partial charge is 0.361 e. The van der Waals surface area contributed by atoms with Gasteiger partial charge in [0.05, 0.1) is 28.8 Å². The van der Waals surface area contributed by atoms with Gasteiger partial charge in [-0.1, -0.05) is 19.1 Å². The first-order valence-electron chi connectivity index (χ1n) is 9.75. The van der Waals surface area contributed by atoms with Gasteiger partial charge in [0.1, 0.15) is 6.17 Å². The normalized spacial score (nSPS) is 23.5. The molecule has 0 spiro atoms. The van der Waals surface area contributed by atoms with E-state index in [9.17, 15) is 13.2 Å². The number of benzene rings is 1. The van der Waals surface area contributed by atoms with Crippen LogP contribution in [0.25, 0.3) is 0 Å². The van der Waals surface area contributed by atoms with E-state index in [0.717, 1.165) is 29.1 Å². The van der Waals surface area contributed by atoms with Crippen LogP contribution in [0.5, 0.6) is 0 Å². The van der Waals surface area contributed by atoms with Crippen molar-refractivity contribution in [3.8, 4) is 0 Å². The fraction of sp³-hybridized carbons (Fsp3) is 0.500. The second-order valence-electron chi connectivity index (χ2n) is 7.68. The van der Waals surface area contributed by atoms with E-state index in [4.69, 9.17) is 0 Å². The number of carbonyl (C=O) groups excluding carboxylic acids is 1. The molecule has 2 aliphatic rings. The standard InChI is InChI=1S/C20H26N4O3S/c1-4-10-23-19(21-17-8-6-5-7-16(17)20(23)25)18-13(2)22-24(14(18)3)15-9-11-28(26,27)12-15/h5-8,15,19,21H,4,9-12H2,1-3H3/t15-,19-/m0/s1. The Morgan fingerprint density at radius 2 is 2.00 bits per heavy atom. The molecule has 7 nitrogen and oxygen atoms in total. The van der Waals surface area contributed by atoms with E-state index in [0.29, 0.717) is 18.5 Å². The van der Waals surface area contributed by atoms with Crippen LogP contribution in [0.2, 0.25) is 0 Å². The van der Waals surface area contributed by atoms with Gasteiger partial charge in [0.15, 0.2) is 9.84 Å². The molecule has 2 atom stereocenters. The van der Waals surface area contributed by atoms with Crippen molar-refractivity contribution in [3.63, 3.8) is 0 Å². The van der Waals surface area contributed by atoms with E-state index in [1.807, 2.05) is 47.7 Å². The molecule has 1 aromatic heterocycles. The highest BCUT2D eigenvalue weighted by Gasteiger charge is 2.37. The molecule has 3 heterocycles. The number of aromatic nitrogens is 2. The summed E-state index contributed by atoms with van der Waals surface area (Å²) >= 11 is 0. The summed E-state index contributed by atoms with van der Waals surface area (Å²) in [6.07, 6.45) is 1.12. The first kappa shape index (κ1) is 19.0. The Labute approximate surface area is 165 Å². The van der Waals surface area contributed by atoms with Crippen LogP contribution in [0.4, 0.5) is 5.69 Å². The lowest BCUT2D eigenvalue weighted by Gasteiger charge is -2.38. The summed E-state index contributed by atoms with van der Waals surface area (Å²) in [4.78, 5) is 15.0. The fourth-order valence-electron chi connectivity index (χ4n) is 4.39. The molecule has 0 radical (unpaired) electrons. The Bertz CT molecular complexity index is 1030. The van der Waals surface area contributed by atoms with Gasteiger partial charge in [-0.05, 0) is 38.8 Å². The van der Waals surface area contributed by atoms with Crippen LogP contribution in [0, 0.1) is 13.8 Å². The van der Waals surface area contributed by atoms with Crippen molar-refractivity contribution in [1.29, 1.82) is 0 Å². The van der Waals surface area contributed by atoms with Crippen molar-refractivity contribution >= 4 is 21.4 Å². The predicted molar refractivity (Wildman–Crippen MR) is 108 cm³/mol. The molecule has 4 rings (SSSR count). The highest BCUT2D eigenvalue weighted by molar-refractivity contribution is 7.91. The lowest BCUT2D eigenvalue weighted by molar-refractivity contribution is 0.0682. The van der Waals surface area contributed by atoms with Gasteiger partial charge in [-0.3, -0.25) is 9.48 Å². The van der Waals surface area contributed by atoms with Gasteiger partial charge in [-0.2, -0.15) is 5.10 Å². The fourth-order valence-corrected chi connectivity index (χ4v) is 6.08. The number of aryl methyl sites for hydroxylation is 1. The van der Waals surface area contributed by atoms with Gasteiger partial charge in [-0.25, -0.2) is 8.42 Å². The van der Waals surface area contributed by atoms with Gasteiger partial charge in [-0.15, -0.1) is 0 Å². The first-order valence-corrected chi connectivity index (χ1v) is 11.6. The van der Waals surface area contributed by atoms with Gasteiger partial charge in [0, 0.05) is 23.5 Å². The zero-order chi connectivity index (χ0) is 20.1. The molecule has 150 valence electrons. The zero-order valence-electron chi connectivity index (χ0n) is 16.5. The third kappa shape index (κ3) is 3.09. The number of nitrogens with one attached hydrogen (secondary N) is 1. The number of amides is 1. The number of hydrogen-bond acceptors (Lipinski definition) is 5. The van der Waals surface area contributed by atoms with Crippen molar-refractivity contribution in [2.45, 2.75) is 45.8 Å². The van der Waals surface area contributed by atoms with Crippen molar-refractivity contribution in [3.05, 3.63) is 46.8 Å². The predicted octanol–water partition coefficient (Wildman–Crippen LogP) is 2.84. The van der Waals surface area contributed by atoms with Gasteiger partial charge >= 0.3 is 0 Å². The lowest BCUT2D eigenvalue weighted by Crippen LogP contribution is -2.43. The molecule has 1 amide bonds. The van der Waals surface area contributed by atoms with E-state index >= 15 is 0 Å². The molecular weight excluding hydrogens is 376 g/mol. The molecule has 0 bridgehead atoms. The Morgan fingerprint density at radius 3 is 2.68 bits per heavy atom. The molecule has 0 unspecified atom stereocenters. The summed E-state index contributed by atoms with van der Waals surface area (Å²) in [5.41, 5.74) is 4.20.